The van der Waals surface area contributed by atoms with Gasteiger partial charge in [-0.2, -0.15) is 0 Å². The largest absolute Gasteiger partial charge is 0.497 e. The monoisotopic (exact) mass is 455 g/mol. The molecule has 4 rings (SSSR count). The van der Waals surface area contributed by atoms with E-state index in [1.807, 2.05) is 29.2 Å². The first-order chi connectivity index (χ1) is 15.5. The Morgan fingerprint density at radius 3 is 2.19 bits per heavy atom. The molecule has 0 aromatic heterocycles. The Morgan fingerprint density at radius 1 is 0.969 bits per heavy atom. The van der Waals surface area contributed by atoms with Crippen LogP contribution in [0, 0.1) is 5.92 Å². The second-order valence-electron chi connectivity index (χ2n) is 8.54. The lowest BCUT2D eigenvalue weighted by Crippen LogP contribution is -2.56. The summed E-state index contributed by atoms with van der Waals surface area (Å²) < 4.78 is 5.21. The standard InChI is InChI=1S/C25H30ClN3O3/c1-32-22-12-10-21(11-13-22)27-24(30)23(18-4-2-3-5-18)28-14-16-29(17-15-28)25(31)19-6-8-20(26)9-7-19/h6-13,18,23H,2-5,14-17H2,1H3,(H,27,30). The Balaban J connectivity index is 1.41. The quantitative estimate of drug-likeness (QED) is 0.705. The van der Waals surface area contributed by atoms with Gasteiger partial charge in [0, 0.05) is 42.5 Å². The number of anilines is 1. The van der Waals surface area contributed by atoms with Gasteiger partial charge < -0.3 is 15.0 Å². The molecule has 1 aliphatic heterocycles. The second-order valence-corrected chi connectivity index (χ2v) is 8.98. The molecule has 1 heterocycles. The Labute approximate surface area is 194 Å². The molecule has 1 atom stereocenters. The molecule has 2 aromatic rings. The van der Waals surface area contributed by atoms with Crippen LogP contribution in [0.15, 0.2) is 48.5 Å². The zero-order chi connectivity index (χ0) is 22.5. The van der Waals surface area contributed by atoms with Crippen LogP contribution < -0.4 is 10.1 Å². The summed E-state index contributed by atoms with van der Waals surface area (Å²) in [5.41, 5.74) is 1.42. The van der Waals surface area contributed by atoms with Crippen LogP contribution in [-0.2, 0) is 4.79 Å². The number of amides is 2. The van der Waals surface area contributed by atoms with E-state index in [4.69, 9.17) is 16.3 Å². The van der Waals surface area contributed by atoms with Gasteiger partial charge in [-0.25, -0.2) is 0 Å². The van der Waals surface area contributed by atoms with Crippen molar-refractivity contribution < 1.29 is 14.3 Å². The molecule has 0 spiro atoms. The van der Waals surface area contributed by atoms with Crippen molar-refractivity contribution in [1.29, 1.82) is 0 Å². The van der Waals surface area contributed by atoms with E-state index < -0.39 is 0 Å². The summed E-state index contributed by atoms with van der Waals surface area (Å²) in [4.78, 5) is 30.3. The van der Waals surface area contributed by atoms with E-state index >= 15 is 0 Å². The van der Waals surface area contributed by atoms with Crippen molar-refractivity contribution in [1.82, 2.24) is 9.80 Å². The molecule has 170 valence electrons. The maximum absolute atomic E-state index is 13.3. The van der Waals surface area contributed by atoms with Crippen LogP contribution in [0.3, 0.4) is 0 Å². The zero-order valence-corrected chi connectivity index (χ0v) is 19.2. The van der Waals surface area contributed by atoms with Gasteiger partial charge in [-0.05, 0) is 67.3 Å². The number of nitrogens with one attached hydrogen (secondary N) is 1. The lowest BCUT2D eigenvalue weighted by Gasteiger charge is -2.40. The number of nitrogens with zero attached hydrogens (tertiary/aromatic N) is 2. The lowest BCUT2D eigenvalue weighted by molar-refractivity contribution is -0.123. The number of hydrogen-bond donors (Lipinski definition) is 1. The van der Waals surface area contributed by atoms with Crippen LogP contribution in [0.4, 0.5) is 5.69 Å². The predicted octanol–water partition coefficient (Wildman–Crippen LogP) is 4.30. The minimum absolute atomic E-state index is 0.0152. The van der Waals surface area contributed by atoms with Gasteiger partial charge in [-0.3, -0.25) is 14.5 Å². The molecule has 2 amide bonds. The Kier molecular flexibility index (Phi) is 7.33. The molecular weight excluding hydrogens is 426 g/mol. The first-order valence-corrected chi connectivity index (χ1v) is 11.7. The highest BCUT2D eigenvalue weighted by molar-refractivity contribution is 6.30. The van der Waals surface area contributed by atoms with Gasteiger partial charge in [0.25, 0.3) is 5.91 Å². The van der Waals surface area contributed by atoms with E-state index in [1.54, 1.807) is 31.4 Å². The van der Waals surface area contributed by atoms with E-state index in [0.717, 1.165) is 24.3 Å². The van der Waals surface area contributed by atoms with Crippen LogP contribution in [0.5, 0.6) is 5.75 Å². The number of carbonyl (C=O) groups is 2. The van der Waals surface area contributed by atoms with Crippen LogP contribution in [-0.4, -0.2) is 60.9 Å². The van der Waals surface area contributed by atoms with Gasteiger partial charge in [0.15, 0.2) is 0 Å². The highest BCUT2D eigenvalue weighted by Crippen LogP contribution is 2.32. The summed E-state index contributed by atoms with van der Waals surface area (Å²) in [6.07, 6.45) is 4.49. The number of methoxy groups -OCH3 is 1. The van der Waals surface area contributed by atoms with E-state index in [9.17, 15) is 9.59 Å². The predicted molar refractivity (Wildman–Crippen MR) is 126 cm³/mol. The summed E-state index contributed by atoms with van der Waals surface area (Å²) in [5, 5.41) is 3.72. The smallest absolute Gasteiger partial charge is 0.253 e. The van der Waals surface area contributed by atoms with Crippen molar-refractivity contribution in [3.05, 3.63) is 59.1 Å². The van der Waals surface area contributed by atoms with Crippen molar-refractivity contribution in [3.63, 3.8) is 0 Å². The summed E-state index contributed by atoms with van der Waals surface area (Å²) in [6.45, 7) is 2.61. The Hall–Kier alpha value is -2.57. The molecule has 1 unspecified atom stereocenters. The van der Waals surface area contributed by atoms with Crippen molar-refractivity contribution in [2.45, 2.75) is 31.7 Å². The molecule has 0 radical (unpaired) electrons. The summed E-state index contributed by atoms with van der Waals surface area (Å²) in [5.74, 6) is 1.17. The number of hydrogen-bond acceptors (Lipinski definition) is 4. The summed E-state index contributed by atoms with van der Waals surface area (Å²) in [7, 11) is 1.63. The third kappa shape index (κ3) is 5.25. The maximum Gasteiger partial charge on any atom is 0.253 e. The Bertz CT molecular complexity index is 918. The van der Waals surface area contributed by atoms with Crippen molar-refractivity contribution in [2.24, 2.45) is 5.92 Å². The molecule has 7 heteroatoms. The van der Waals surface area contributed by atoms with E-state index in [1.165, 1.54) is 12.8 Å². The Morgan fingerprint density at radius 2 is 1.59 bits per heavy atom. The van der Waals surface area contributed by atoms with Gasteiger partial charge in [-0.15, -0.1) is 0 Å². The second kappa shape index (κ2) is 10.4. The van der Waals surface area contributed by atoms with Crippen molar-refractivity contribution in [2.75, 3.05) is 38.6 Å². The first-order valence-electron chi connectivity index (χ1n) is 11.3. The van der Waals surface area contributed by atoms with Crippen LogP contribution in [0.1, 0.15) is 36.0 Å². The van der Waals surface area contributed by atoms with Gasteiger partial charge in [-0.1, -0.05) is 24.4 Å². The molecule has 1 N–H and O–H groups in total. The number of ether oxygens (including phenoxy) is 1. The first kappa shape index (κ1) is 22.6. The van der Waals surface area contributed by atoms with E-state index in [-0.39, 0.29) is 17.9 Å². The molecular formula is C25H30ClN3O3. The SMILES string of the molecule is COc1ccc(NC(=O)C(C2CCCC2)N2CCN(C(=O)c3ccc(Cl)cc3)CC2)cc1. The molecule has 0 bridgehead atoms. The van der Waals surface area contributed by atoms with Gasteiger partial charge >= 0.3 is 0 Å². The van der Waals surface area contributed by atoms with E-state index in [2.05, 4.69) is 10.2 Å². The number of piperazine rings is 1. The minimum Gasteiger partial charge on any atom is -0.497 e. The molecule has 32 heavy (non-hydrogen) atoms. The zero-order valence-electron chi connectivity index (χ0n) is 18.4. The number of halogens is 1. The van der Waals surface area contributed by atoms with Crippen molar-refractivity contribution in [3.8, 4) is 5.75 Å². The van der Waals surface area contributed by atoms with Crippen LogP contribution in [0.25, 0.3) is 0 Å². The van der Waals surface area contributed by atoms with Crippen molar-refractivity contribution >= 4 is 29.1 Å². The fourth-order valence-electron chi connectivity index (χ4n) is 4.82. The molecule has 2 fully saturated rings. The molecule has 6 nitrogen and oxygen atoms in total. The third-order valence-electron chi connectivity index (χ3n) is 6.56. The average Bonchev–Trinajstić information content (AvgIpc) is 3.34. The summed E-state index contributed by atoms with van der Waals surface area (Å²) in [6, 6.07) is 14.3. The normalized spacial score (nSPS) is 18.4. The minimum atomic E-state index is -0.174. The number of rotatable bonds is 6. The van der Waals surface area contributed by atoms with Gasteiger partial charge in [0.2, 0.25) is 5.91 Å². The molecule has 1 saturated carbocycles. The number of carbonyl (C=O) groups excluding carboxylic acids is 2. The average molecular weight is 456 g/mol. The molecule has 2 aliphatic rings. The maximum atomic E-state index is 13.3. The molecule has 1 aliphatic carbocycles. The van der Waals surface area contributed by atoms with E-state index in [0.29, 0.717) is 42.7 Å². The lowest BCUT2D eigenvalue weighted by atomic mass is 9.94. The van der Waals surface area contributed by atoms with Crippen LogP contribution >= 0.6 is 11.6 Å². The van der Waals surface area contributed by atoms with Gasteiger partial charge in [0.05, 0.1) is 13.2 Å². The van der Waals surface area contributed by atoms with Gasteiger partial charge in [0.1, 0.15) is 5.75 Å². The highest BCUT2D eigenvalue weighted by Gasteiger charge is 2.37. The highest BCUT2D eigenvalue weighted by atomic mass is 35.5. The fourth-order valence-corrected chi connectivity index (χ4v) is 4.95. The molecule has 1 saturated heterocycles. The topological polar surface area (TPSA) is 61.9 Å². The fraction of sp³-hybridized carbons (Fsp3) is 0.440. The molecule has 2 aromatic carbocycles. The van der Waals surface area contributed by atoms with Crippen LogP contribution in [0.2, 0.25) is 5.02 Å². The number of benzene rings is 2. The summed E-state index contributed by atoms with van der Waals surface area (Å²) >= 11 is 5.95. The third-order valence-corrected chi connectivity index (χ3v) is 6.81.